The van der Waals surface area contributed by atoms with Gasteiger partial charge in [0.15, 0.2) is 0 Å². The minimum Gasteiger partial charge on any atom is -0.469 e. The largest absolute Gasteiger partial charge is 0.469 e. The van der Waals surface area contributed by atoms with E-state index in [9.17, 15) is 0 Å². The number of nitrogens with zero attached hydrogens (tertiary/aromatic N) is 2. The molecular formula is C13H19N3O2. The molecule has 1 unspecified atom stereocenters. The van der Waals surface area contributed by atoms with Crippen molar-refractivity contribution in [2.75, 3.05) is 6.54 Å². The summed E-state index contributed by atoms with van der Waals surface area (Å²) < 4.78 is 10.5. The van der Waals surface area contributed by atoms with Gasteiger partial charge in [-0.1, -0.05) is 19.0 Å². The fourth-order valence-corrected chi connectivity index (χ4v) is 1.99. The third-order valence-electron chi connectivity index (χ3n) is 2.93. The SMILES string of the molecule is Cc1occc1-c1noc(C(CN)CC(C)C)n1. The van der Waals surface area contributed by atoms with Crippen molar-refractivity contribution in [2.24, 2.45) is 11.7 Å². The summed E-state index contributed by atoms with van der Waals surface area (Å²) in [5, 5.41) is 3.99. The maximum atomic E-state index is 5.76. The molecule has 0 aliphatic rings. The smallest absolute Gasteiger partial charge is 0.231 e. The highest BCUT2D eigenvalue weighted by Gasteiger charge is 2.20. The van der Waals surface area contributed by atoms with Crippen LogP contribution in [0.1, 0.15) is 37.8 Å². The lowest BCUT2D eigenvalue weighted by Crippen LogP contribution is -2.15. The van der Waals surface area contributed by atoms with E-state index in [0.29, 0.717) is 24.2 Å². The summed E-state index contributed by atoms with van der Waals surface area (Å²) in [5.41, 5.74) is 6.63. The van der Waals surface area contributed by atoms with E-state index in [-0.39, 0.29) is 5.92 Å². The Morgan fingerprint density at radius 2 is 2.17 bits per heavy atom. The van der Waals surface area contributed by atoms with Crippen LogP contribution in [0.25, 0.3) is 11.4 Å². The van der Waals surface area contributed by atoms with Crippen molar-refractivity contribution in [1.29, 1.82) is 0 Å². The van der Waals surface area contributed by atoms with Crippen LogP contribution in [0, 0.1) is 12.8 Å². The van der Waals surface area contributed by atoms with Crippen LogP contribution in [0.5, 0.6) is 0 Å². The van der Waals surface area contributed by atoms with Gasteiger partial charge in [0.05, 0.1) is 17.7 Å². The minimum atomic E-state index is 0.124. The van der Waals surface area contributed by atoms with E-state index in [2.05, 4.69) is 24.0 Å². The summed E-state index contributed by atoms with van der Waals surface area (Å²) in [7, 11) is 0. The third-order valence-corrected chi connectivity index (χ3v) is 2.93. The van der Waals surface area contributed by atoms with Crippen LogP contribution in [0.2, 0.25) is 0 Å². The van der Waals surface area contributed by atoms with Gasteiger partial charge < -0.3 is 14.7 Å². The van der Waals surface area contributed by atoms with Crippen molar-refractivity contribution in [3.05, 3.63) is 24.0 Å². The van der Waals surface area contributed by atoms with E-state index < -0.39 is 0 Å². The van der Waals surface area contributed by atoms with E-state index in [0.717, 1.165) is 17.7 Å². The number of nitrogens with two attached hydrogens (primary N) is 1. The highest BCUT2D eigenvalue weighted by atomic mass is 16.5. The van der Waals surface area contributed by atoms with E-state index in [4.69, 9.17) is 14.7 Å². The summed E-state index contributed by atoms with van der Waals surface area (Å²) in [6.07, 6.45) is 2.57. The molecule has 0 saturated heterocycles. The maximum Gasteiger partial charge on any atom is 0.231 e. The Bertz CT molecular complexity index is 502. The van der Waals surface area contributed by atoms with Crippen LogP contribution in [-0.2, 0) is 0 Å². The molecule has 2 aromatic rings. The van der Waals surface area contributed by atoms with Crippen LogP contribution in [0.15, 0.2) is 21.3 Å². The molecule has 0 bridgehead atoms. The standard InChI is InChI=1S/C13H19N3O2/c1-8(2)6-10(7-14)13-15-12(16-18-13)11-4-5-17-9(11)3/h4-5,8,10H,6-7,14H2,1-3H3. The summed E-state index contributed by atoms with van der Waals surface area (Å²) in [5.74, 6) is 2.64. The Labute approximate surface area is 106 Å². The lowest BCUT2D eigenvalue weighted by molar-refractivity contribution is 0.334. The van der Waals surface area contributed by atoms with Gasteiger partial charge in [-0.05, 0) is 25.3 Å². The van der Waals surface area contributed by atoms with Crippen molar-refractivity contribution in [2.45, 2.75) is 33.1 Å². The second kappa shape index (κ2) is 5.35. The maximum absolute atomic E-state index is 5.76. The molecule has 2 rings (SSSR count). The van der Waals surface area contributed by atoms with Gasteiger partial charge in [0, 0.05) is 6.54 Å². The van der Waals surface area contributed by atoms with Crippen LogP contribution in [0.4, 0.5) is 0 Å². The highest BCUT2D eigenvalue weighted by Crippen LogP contribution is 2.26. The molecule has 2 aromatic heterocycles. The average Bonchev–Trinajstić information content (AvgIpc) is 2.93. The molecule has 0 aromatic carbocycles. The van der Waals surface area contributed by atoms with Crippen LogP contribution < -0.4 is 5.73 Å². The van der Waals surface area contributed by atoms with Gasteiger partial charge in [-0.15, -0.1) is 0 Å². The van der Waals surface area contributed by atoms with E-state index in [1.165, 1.54) is 0 Å². The van der Waals surface area contributed by atoms with Gasteiger partial charge >= 0.3 is 0 Å². The van der Waals surface area contributed by atoms with Gasteiger partial charge in [-0.25, -0.2) is 0 Å². The lowest BCUT2D eigenvalue weighted by Gasteiger charge is -2.11. The number of furan rings is 1. The molecule has 5 heteroatoms. The molecule has 1 atom stereocenters. The van der Waals surface area contributed by atoms with Crippen molar-refractivity contribution < 1.29 is 8.94 Å². The fraction of sp³-hybridized carbons (Fsp3) is 0.538. The van der Waals surface area contributed by atoms with Crippen molar-refractivity contribution in [3.63, 3.8) is 0 Å². The van der Waals surface area contributed by atoms with Crippen LogP contribution in [-0.4, -0.2) is 16.7 Å². The Morgan fingerprint density at radius 3 is 2.72 bits per heavy atom. The molecular weight excluding hydrogens is 230 g/mol. The van der Waals surface area contributed by atoms with Gasteiger partial charge in [0.1, 0.15) is 5.76 Å². The molecule has 2 N–H and O–H groups in total. The van der Waals surface area contributed by atoms with E-state index in [1.54, 1.807) is 6.26 Å². The van der Waals surface area contributed by atoms with E-state index >= 15 is 0 Å². The van der Waals surface area contributed by atoms with E-state index in [1.807, 2.05) is 13.0 Å². The number of hydrogen-bond acceptors (Lipinski definition) is 5. The number of rotatable bonds is 5. The molecule has 0 spiro atoms. The molecule has 0 aliphatic carbocycles. The first-order valence-corrected chi connectivity index (χ1v) is 6.20. The second-order valence-corrected chi connectivity index (χ2v) is 4.91. The fourth-order valence-electron chi connectivity index (χ4n) is 1.99. The van der Waals surface area contributed by atoms with Crippen LogP contribution >= 0.6 is 0 Å². The zero-order chi connectivity index (χ0) is 13.1. The minimum absolute atomic E-state index is 0.124. The molecule has 0 amide bonds. The molecule has 0 aliphatic heterocycles. The Hall–Kier alpha value is -1.62. The van der Waals surface area contributed by atoms with Gasteiger partial charge in [0.2, 0.25) is 11.7 Å². The van der Waals surface area contributed by atoms with Gasteiger partial charge in [0.25, 0.3) is 0 Å². The number of aromatic nitrogens is 2. The lowest BCUT2D eigenvalue weighted by atomic mass is 9.97. The molecule has 0 saturated carbocycles. The predicted octanol–water partition coefficient (Wildman–Crippen LogP) is 2.73. The molecule has 18 heavy (non-hydrogen) atoms. The monoisotopic (exact) mass is 249 g/mol. The summed E-state index contributed by atoms with van der Waals surface area (Å²) in [6.45, 7) is 6.70. The Balaban J connectivity index is 2.22. The van der Waals surface area contributed by atoms with Gasteiger partial charge in [-0.3, -0.25) is 0 Å². The van der Waals surface area contributed by atoms with Crippen molar-refractivity contribution in [3.8, 4) is 11.4 Å². The first-order chi connectivity index (χ1) is 8.61. The molecule has 0 radical (unpaired) electrons. The Morgan fingerprint density at radius 1 is 1.39 bits per heavy atom. The summed E-state index contributed by atoms with van der Waals surface area (Å²) >= 11 is 0. The second-order valence-electron chi connectivity index (χ2n) is 4.91. The third kappa shape index (κ3) is 2.61. The predicted molar refractivity (Wildman–Crippen MR) is 68.0 cm³/mol. The normalized spacial score (nSPS) is 13.2. The highest BCUT2D eigenvalue weighted by molar-refractivity contribution is 5.56. The Kier molecular flexibility index (Phi) is 3.81. The number of aryl methyl sites for hydroxylation is 1. The number of hydrogen-bond donors (Lipinski definition) is 1. The zero-order valence-electron chi connectivity index (χ0n) is 11.0. The first-order valence-electron chi connectivity index (χ1n) is 6.20. The molecule has 0 fully saturated rings. The molecule has 2 heterocycles. The van der Waals surface area contributed by atoms with Crippen molar-refractivity contribution >= 4 is 0 Å². The first kappa shape index (κ1) is 12.8. The zero-order valence-corrected chi connectivity index (χ0v) is 11.0. The summed E-state index contributed by atoms with van der Waals surface area (Å²) in [4.78, 5) is 4.42. The molecule has 5 nitrogen and oxygen atoms in total. The topological polar surface area (TPSA) is 78.1 Å². The van der Waals surface area contributed by atoms with Crippen molar-refractivity contribution in [1.82, 2.24) is 10.1 Å². The van der Waals surface area contributed by atoms with Crippen LogP contribution in [0.3, 0.4) is 0 Å². The molecule has 98 valence electrons. The van der Waals surface area contributed by atoms with Gasteiger partial charge in [-0.2, -0.15) is 4.98 Å². The summed E-state index contributed by atoms with van der Waals surface area (Å²) in [6, 6.07) is 1.84. The average molecular weight is 249 g/mol. The quantitative estimate of drug-likeness (QED) is 0.881.